The summed E-state index contributed by atoms with van der Waals surface area (Å²) >= 11 is 0. The third kappa shape index (κ3) is 8.46. The first-order valence-corrected chi connectivity index (χ1v) is 12.3. The molecule has 0 saturated heterocycles. The Morgan fingerprint density at radius 3 is 2.36 bits per heavy atom. The Hall–Kier alpha value is -4.60. The zero-order chi connectivity index (χ0) is 28.6. The lowest BCUT2D eigenvalue weighted by Gasteiger charge is -2.18. The summed E-state index contributed by atoms with van der Waals surface area (Å²) in [6.45, 7) is 7.17. The SMILES string of the molecule is CCOc1cc(-c2ccc(C(=O)OC(C)(C)C)o2)ccc1C(=O)N[C@@H](CC(=O)OCc1ccccc1)C(=O)O. The van der Waals surface area contributed by atoms with E-state index in [0.717, 1.165) is 5.56 Å². The van der Waals surface area contributed by atoms with Crippen molar-refractivity contribution in [2.45, 2.75) is 52.4 Å². The van der Waals surface area contributed by atoms with Gasteiger partial charge in [-0.1, -0.05) is 36.4 Å². The molecule has 10 heteroatoms. The monoisotopic (exact) mass is 537 g/mol. The number of benzene rings is 2. The largest absolute Gasteiger partial charge is 0.493 e. The summed E-state index contributed by atoms with van der Waals surface area (Å²) in [6.07, 6.45) is -0.560. The van der Waals surface area contributed by atoms with Gasteiger partial charge in [0.05, 0.1) is 18.6 Å². The number of carbonyl (C=O) groups excluding carboxylic acids is 3. The summed E-state index contributed by atoms with van der Waals surface area (Å²) in [5.74, 6) is -3.00. The highest BCUT2D eigenvalue weighted by atomic mass is 16.6. The van der Waals surface area contributed by atoms with Gasteiger partial charge in [0, 0.05) is 5.56 Å². The van der Waals surface area contributed by atoms with Crippen LogP contribution in [0.3, 0.4) is 0 Å². The minimum Gasteiger partial charge on any atom is -0.493 e. The molecule has 39 heavy (non-hydrogen) atoms. The number of furan rings is 1. The predicted molar refractivity (Wildman–Crippen MR) is 140 cm³/mol. The lowest BCUT2D eigenvalue weighted by atomic mass is 10.1. The summed E-state index contributed by atoms with van der Waals surface area (Å²) in [5.41, 5.74) is 0.638. The fourth-order valence-corrected chi connectivity index (χ4v) is 3.47. The van der Waals surface area contributed by atoms with E-state index in [9.17, 15) is 24.3 Å². The van der Waals surface area contributed by atoms with Gasteiger partial charge in [0.1, 0.15) is 29.8 Å². The number of esters is 2. The van der Waals surface area contributed by atoms with Crippen molar-refractivity contribution in [2.75, 3.05) is 6.61 Å². The molecule has 3 aromatic rings. The first-order valence-electron chi connectivity index (χ1n) is 12.3. The van der Waals surface area contributed by atoms with Crippen molar-refractivity contribution in [2.24, 2.45) is 0 Å². The van der Waals surface area contributed by atoms with Crippen molar-refractivity contribution in [3.05, 3.63) is 77.6 Å². The molecule has 0 bridgehead atoms. The minimum absolute atomic E-state index is 0.0155. The van der Waals surface area contributed by atoms with Gasteiger partial charge < -0.3 is 29.1 Å². The highest BCUT2D eigenvalue weighted by molar-refractivity contribution is 6.00. The molecule has 2 N–H and O–H groups in total. The Morgan fingerprint density at radius 1 is 1.00 bits per heavy atom. The molecular weight excluding hydrogens is 506 g/mol. The first-order chi connectivity index (χ1) is 18.5. The van der Waals surface area contributed by atoms with Crippen LogP contribution >= 0.6 is 0 Å². The lowest BCUT2D eigenvalue weighted by Crippen LogP contribution is -2.42. The summed E-state index contributed by atoms with van der Waals surface area (Å²) in [5, 5.41) is 11.9. The van der Waals surface area contributed by atoms with Gasteiger partial charge in [-0.05, 0) is 57.5 Å². The first kappa shape index (κ1) is 29.0. The molecule has 1 amide bonds. The van der Waals surface area contributed by atoms with Gasteiger partial charge in [-0.15, -0.1) is 0 Å². The van der Waals surface area contributed by atoms with Crippen molar-refractivity contribution in [3.63, 3.8) is 0 Å². The van der Waals surface area contributed by atoms with Crippen LogP contribution in [0.4, 0.5) is 0 Å². The number of ether oxygens (including phenoxy) is 3. The molecule has 1 atom stereocenters. The van der Waals surface area contributed by atoms with E-state index < -0.39 is 41.9 Å². The molecule has 0 radical (unpaired) electrons. The van der Waals surface area contributed by atoms with Crippen molar-refractivity contribution < 1.29 is 42.9 Å². The fourth-order valence-electron chi connectivity index (χ4n) is 3.47. The van der Waals surface area contributed by atoms with E-state index in [4.69, 9.17) is 18.6 Å². The number of carboxylic acids is 1. The Morgan fingerprint density at radius 2 is 1.72 bits per heavy atom. The normalized spacial score (nSPS) is 11.8. The van der Waals surface area contributed by atoms with E-state index in [1.165, 1.54) is 12.1 Å². The van der Waals surface area contributed by atoms with Crippen molar-refractivity contribution in [1.29, 1.82) is 0 Å². The molecular formula is C29H31NO9. The second kappa shape index (κ2) is 12.8. The summed E-state index contributed by atoms with van der Waals surface area (Å²) < 4.78 is 21.7. The maximum absolute atomic E-state index is 13.0. The van der Waals surface area contributed by atoms with E-state index >= 15 is 0 Å². The molecule has 3 rings (SSSR count). The highest BCUT2D eigenvalue weighted by Gasteiger charge is 2.27. The number of aliphatic carboxylic acids is 1. The van der Waals surface area contributed by atoms with Crippen LogP contribution in [0.25, 0.3) is 11.3 Å². The van der Waals surface area contributed by atoms with E-state index in [1.807, 2.05) is 6.07 Å². The second-order valence-corrected chi connectivity index (χ2v) is 9.52. The molecule has 0 spiro atoms. The summed E-state index contributed by atoms with van der Waals surface area (Å²) in [4.78, 5) is 49.3. The molecule has 0 fully saturated rings. The van der Waals surface area contributed by atoms with Crippen LogP contribution in [0, 0.1) is 0 Å². The van der Waals surface area contributed by atoms with Crippen molar-refractivity contribution in [3.8, 4) is 17.1 Å². The highest BCUT2D eigenvalue weighted by Crippen LogP contribution is 2.30. The molecule has 0 unspecified atom stereocenters. The van der Waals surface area contributed by atoms with E-state index in [1.54, 1.807) is 70.2 Å². The average Bonchev–Trinajstić information content (AvgIpc) is 3.37. The zero-order valence-electron chi connectivity index (χ0n) is 22.2. The van der Waals surface area contributed by atoms with Crippen LogP contribution in [-0.4, -0.2) is 47.2 Å². The smallest absolute Gasteiger partial charge is 0.374 e. The van der Waals surface area contributed by atoms with E-state index in [2.05, 4.69) is 5.32 Å². The number of hydrogen-bond donors (Lipinski definition) is 2. The Balaban J connectivity index is 1.72. The lowest BCUT2D eigenvalue weighted by molar-refractivity contribution is -0.150. The van der Waals surface area contributed by atoms with Gasteiger partial charge in [0.25, 0.3) is 5.91 Å². The third-order valence-electron chi connectivity index (χ3n) is 5.23. The number of carboxylic acid groups (broad SMARTS) is 1. The van der Waals surface area contributed by atoms with Gasteiger partial charge in [-0.2, -0.15) is 0 Å². The fraction of sp³-hybridized carbons (Fsp3) is 0.310. The topological polar surface area (TPSA) is 141 Å². The van der Waals surface area contributed by atoms with Crippen LogP contribution in [0.15, 0.2) is 65.1 Å². The van der Waals surface area contributed by atoms with E-state index in [-0.39, 0.29) is 30.3 Å². The van der Waals surface area contributed by atoms with Gasteiger partial charge >= 0.3 is 17.9 Å². The van der Waals surface area contributed by atoms with Gasteiger partial charge in [-0.25, -0.2) is 9.59 Å². The Labute approximate surface area is 225 Å². The molecule has 0 aliphatic carbocycles. The molecule has 206 valence electrons. The van der Waals surface area contributed by atoms with Gasteiger partial charge in [0.15, 0.2) is 0 Å². The minimum atomic E-state index is -1.52. The standard InChI is InChI=1S/C29H31NO9/c1-5-36-24-15-19(22-13-14-23(38-22)28(35)39-29(2,3)4)11-12-20(24)26(32)30-21(27(33)34)16-25(31)37-17-18-9-7-6-8-10-18/h6-15,21H,5,16-17H2,1-4H3,(H,30,32)(H,33,34)/t21-/m0/s1. The quantitative estimate of drug-likeness (QED) is 0.335. The molecule has 0 aliphatic heterocycles. The van der Waals surface area contributed by atoms with Crippen molar-refractivity contribution >= 4 is 23.8 Å². The van der Waals surface area contributed by atoms with Crippen LogP contribution < -0.4 is 10.1 Å². The summed E-state index contributed by atoms with van der Waals surface area (Å²) in [6, 6.07) is 15.0. The molecule has 0 aliphatic rings. The third-order valence-corrected chi connectivity index (χ3v) is 5.23. The number of hydrogen-bond acceptors (Lipinski definition) is 8. The Bertz CT molecular complexity index is 1320. The van der Waals surface area contributed by atoms with Crippen molar-refractivity contribution in [1.82, 2.24) is 5.32 Å². The number of amides is 1. The average molecular weight is 538 g/mol. The number of rotatable bonds is 11. The second-order valence-electron chi connectivity index (χ2n) is 9.52. The van der Waals surface area contributed by atoms with E-state index in [0.29, 0.717) is 11.3 Å². The molecule has 2 aromatic carbocycles. The van der Waals surface area contributed by atoms with Gasteiger partial charge in [-0.3, -0.25) is 9.59 Å². The predicted octanol–water partition coefficient (Wildman–Crippen LogP) is 4.62. The number of carbonyl (C=O) groups is 4. The summed E-state index contributed by atoms with van der Waals surface area (Å²) in [7, 11) is 0. The molecule has 0 saturated carbocycles. The number of nitrogens with one attached hydrogen (secondary N) is 1. The molecule has 1 aromatic heterocycles. The molecule has 1 heterocycles. The Kier molecular flexibility index (Phi) is 9.48. The maximum Gasteiger partial charge on any atom is 0.374 e. The van der Waals surface area contributed by atoms with Crippen LogP contribution in [0.5, 0.6) is 5.75 Å². The van der Waals surface area contributed by atoms with Crippen LogP contribution in [0.2, 0.25) is 0 Å². The zero-order valence-corrected chi connectivity index (χ0v) is 22.2. The van der Waals surface area contributed by atoms with Gasteiger partial charge in [0.2, 0.25) is 5.76 Å². The van der Waals surface area contributed by atoms with Crippen LogP contribution in [-0.2, 0) is 25.7 Å². The van der Waals surface area contributed by atoms with Crippen LogP contribution in [0.1, 0.15) is 60.6 Å². The maximum atomic E-state index is 13.0. The molecule has 10 nitrogen and oxygen atoms in total.